The molecule has 0 fully saturated rings. The number of carbonyl (C=O) groups is 1. The van der Waals surface area contributed by atoms with E-state index in [1.54, 1.807) is 13.3 Å². The van der Waals surface area contributed by atoms with Crippen LogP contribution in [0.3, 0.4) is 0 Å². The maximum Gasteiger partial charge on any atom is 0.289 e. The van der Waals surface area contributed by atoms with E-state index in [9.17, 15) is 4.79 Å². The van der Waals surface area contributed by atoms with Gasteiger partial charge in [0.05, 0.1) is 12.6 Å². The van der Waals surface area contributed by atoms with Crippen molar-refractivity contribution in [3.63, 3.8) is 0 Å². The number of benzene rings is 2. The van der Waals surface area contributed by atoms with E-state index >= 15 is 0 Å². The molecular weight excluding hydrogens is 278 g/mol. The van der Waals surface area contributed by atoms with Gasteiger partial charge in [0.2, 0.25) is 5.82 Å². The van der Waals surface area contributed by atoms with E-state index in [2.05, 4.69) is 15.3 Å². The van der Waals surface area contributed by atoms with Gasteiger partial charge in [-0.1, -0.05) is 30.3 Å². The van der Waals surface area contributed by atoms with Crippen LogP contribution < -0.4 is 10.1 Å². The molecule has 5 nitrogen and oxygen atoms in total. The molecule has 0 radical (unpaired) electrons. The molecule has 0 atom stereocenters. The van der Waals surface area contributed by atoms with Gasteiger partial charge >= 0.3 is 0 Å². The maximum atomic E-state index is 12.1. The van der Waals surface area contributed by atoms with Crippen molar-refractivity contribution in [3.05, 3.63) is 66.1 Å². The van der Waals surface area contributed by atoms with Crippen LogP contribution in [-0.2, 0) is 6.54 Å². The second kappa shape index (κ2) is 6.22. The Morgan fingerprint density at radius 1 is 1.18 bits per heavy atom. The normalized spacial score (nSPS) is 10.4. The summed E-state index contributed by atoms with van der Waals surface area (Å²) < 4.78 is 5.16. The van der Waals surface area contributed by atoms with Crippen LogP contribution in [0.5, 0.6) is 5.75 Å². The van der Waals surface area contributed by atoms with Gasteiger partial charge < -0.3 is 10.1 Å². The molecule has 1 N–H and O–H groups in total. The lowest BCUT2D eigenvalue weighted by Gasteiger charge is -2.06. The van der Waals surface area contributed by atoms with Crippen molar-refractivity contribution in [1.29, 1.82) is 0 Å². The summed E-state index contributed by atoms with van der Waals surface area (Å²) in [6, 6.07) is 15.1. The molecule has 0 saturated heterocycles. The van der Waals surface area contributed by atoms with Crippen LogP contribution in [0.25, 0.3) is 10.9 Å². The molecule has 3 aromatic rings. The summed E-state index contributed by atoms with van der Waals surface area (Å²) in [7, 11) is 1.61. The third kappa shape index (κ3) is 3.03. The average molecular weight is 293 g/mol. The highest BCUT2D eigenvalue weighted by molar-refractivity contribution is 5.92. The Morgan fingerprint density at radius 3 is 2.91 bits per heavy atom. The Hall–Kier alpha value is -2.95. The van der Waals surface area contributed by atoms with E-state index in [-0.39, 0.29) is 11.7 Å². The fourth-order valence-corrected chi connectivity index (χ4v) is 2.13. The average Bonchev–Trinajstić information content (AvgIpc) is 2.59. The standard InChI is InChI=1S/C17H15N3O2/c1-22-14-7-4-5-12(9-14)10-19-17(21)16-18-11-13-6-2-3-8-15(13)20-16/h2-9,11H,10H2,1H3,(H,19,21). The van der Waals surface area contributed by atoms with Crippen LogP contribution in [-0.4, -0.2) is 23.0 Å². The molecule has 22 heavy (non-hydrogen) atoms. The molecule has 2 aromatic carbocycles. The molecule has 0 spiro atoms. The number of nitrogens with zero attached hydrogens (tertiary/aromatic N) is 2. The number of amides is 1. The number of nitrogens with one attached hydrogen (secondary N) is 1. The number of hydrogen-bond acceptors (Lipinski definition) is 4. The van der Waals surface area contributed by atoms with Crippen molar-refractivity contribution in [2.24, 2.45) is 0 Å². The zero-order chi connectivity index (χ0) is 15.4. The van der Waals surface area contributed by atoms with Gasteiger partial charge in [0.25, 0.3) is 5.91 Å². The molecule has 110 valence electrons. The quantitative estimate of drug-likeness (QED) is 0.803. The van der Waals surface area contributed by atoms with E-state index < -0.39 is 0 Å². The third-order valence-electron chi connectivity index (χ3n) is 3.28. The van der Waals surface area contributed by atoms with E-state index in [4.69, 9.17) is 4.74 Å². The fraction of sp³-hybridized carbons (Fsp3) is 0.118. The smallest absolute Gasteiger partial charge is 0.289 e. The van der Waals surface area contributed by atoms with Crippen molar-refractivity contribution in [1.82, 2.24) is 15.3 Å². The number of ether oxygens (including phenoxy) is 1. The second-order valence-electron chi connectivity index (χ2n) is 4.79. The van der Waals surface area contributed by atoms with Crippen LogP contribution in [0.4, 0.5) is 0 Å². The molecule has 0 saturated carbocycles. The second-order valence-corrected chi connectivity index (χ2v) is 4.79. The minimum Gasteiger partial charge on any atom is -0.497 e. The minimum atomic E-state index is -0.298. The number of hydrogen-bond donors (Lipinski definition) is 1. The fourth-order valence-electron chi connectivity index (χ4n) is 2.13. The first kappa shape index (κ1) is 14.0. The first-order valence-electron chi connectivity index (χ1n) is 6.89. The molecule has 0 aliphatic rings. The summed E-state index contributed by atoms with van der Waals surface area (Å²) in [6.07, 6.45) is 1.66. The molecular formula is C17H15N3O2. The number of aromatic nitrogens is 2. The third-order valence-corrected chi connectivity index (χ3v) is 3.28. The molecule has 1 amide bonds. The van der Waals surface area contributed by atoms with Crippen LogP contribution in [0.1, 0.15) is 16.2 Å². The number of para-hydroxylation sites is 1. The maximum absolute atomic E-state index is 12.1. The Kier molecular flexibility index (Phi) is 3.96. The first-order chi connectivity index (χ1) is 10.8. The molecule has 1 aromatic heterocycles. The lowest BCUT2D eigenvalue weighted by Crippen LogP contribution is -2.24. The highest BCUT2D eigenvalue weighted by atomic mass is 16.5. The van der Waals surface area contributed by atoms with Crippen LogP contribution in [0.2, 0.25) is 0 Å². The van der Waals surface area contributed by atoms with Gasteiger partial charge in [0.1, 0.15) is 5.75 Å². The molecule has 0 unspecified atom stereocenters. The topological polar surface area (TPSA) is 64.1 Å². The number of fused-ring (bicyclic) bond motifs is 1. The van der Waals surface area contributed by atoms with E-state index in [0.29, 0.717) is 6.54 Å². The van der Waals surface area contributed by atoms with E-state index in [0.717, 1.165) is 22.2 Å². The summed E-state index contributed by atoms with van der Waals surface area (Å²) in [6.45, 7) is 0.395. The largest absolute Gasteiger partial charge is 0.497 e. The summed E-state index contributed by atoms with van der Waals surface area (Å²) in [5.74, 6) is 0.629. The SMILES string of the molecule is COc1cccc(CNC(=O)c2ncc3ccccc3n2)c1. The number of rotatable bonds is 4. The lowest BCUT2D eigenvalue weighted by molar-refractivity contribution is 0.0941. The van der Waals surface area contributed by atoms with Crippen molar-refractivity contribution in [2.75, 3.05) is 7.11 Å². The Bertz CT molecular complexity index is 818. The van der Waals surface area contributed by atoms with Crippen molar-refractivity contribution < 1.29 is 9.53 Å². The van der Waals surface area contributed by atoms with Crippen molar-refractivity contribution in [2.45, 2.75) is 6.54 Å². The summed E-state index contributed by atoms with van der Waals surface area (Å²) in [5.41, 5.74) is 1.71. The molecule has 3 rings (SSSR count). The minimum absolute atomic E-state index is 0.168. The molecule has 0 aliphatic heterocycles. The summed E-state index contributed by atoms with van der Waals surface area (Å²) in [5, 5.41) is 3.72. The molecule has 0 bridgehead atoms. The van der Waals surface area contributed by atoms with Gasteiger partial charge in [-0.05, 0) is 23.8 Å². The van der Waals surface area contributed by atoms with Crippen molar-refractivity contribution >= 4 is 16.8 Å². The molecule has 1 heterocycles. The van der Waals surface area contributed by atoms with Crippen LogP contribution in [0.15, 0.2) is 54.7 Å². The van der Waals surface area contributed by atoms with Gasteiger partial charge in [-0.15, -0.1) is 0 Å². The molecule has 0 aliphatic carbocycles. The first-order valence-corrected chi connectivity index (χ1v) is 6.89. The summed E-state index contributed by atoms with van der Waals surface area (Å²) >= 11 is 0. The van der Waals surface area contributed by atoms with E-state index in [1.165, 1.54) is 0 Å². The van der Waals surface area contributed by atoms with Gasteiger partial charge in [-0.25, -0.2) is 9.97 Å². The molecule has 5 heteroatoms. The highest BCUT2D eigenvalue weighted by Gasteiger charge is 2.09. The number of methoxy groups -OCH3 is 1. The highest BCUT2D eigenvalue weighted by Crippen LogP contribution is 2.13. The zero-order valence-corrected chi connectivity index (χ0v) is 12.1. The van der Waals surface area contributed by atoms with Gasteiger partial charge in [-0.2, -0.15) is 0 Å². The van der Waals surface area contributed by atoms with Gasteiger partial charge in [0, 0.05) is 18.1 Å². The lowest BCUT2D eigenvalue weighted by atomic mass is 10.2. The summed E-state index contributed by atoms with van der Waals surface area (Å²) in [4.78, 5) is 20.5. The van der Waals surface area contributed by atoms with Crippen LogP contribution in [0, 0.1) is 0 Å². The van der Waals surface area contributed by atoms with Crippen LogP contribution >= 0.6 is 0 Å². The zero-order valence-electron chi connectivity index (χ0n) is 12.1. The Labute approximate surface area is 128 Å². The Morgan fingerprint density at radius 2 is 2.05 bits per heavy atom. The predicted molar refractivity (Wildman–Crippen MR) is 83.7 cm³/mol. The van der Waals surface area contributed by atoms with E-state index in [1.807, 2.05) is 48.5 Å². The predicted octanol–water partition coefficient (Wildman–Crippen LogP) is 2.57. The monoisotopic (exact) mass is 293 g/mol. The Balaban J connectivity index is 1.72. The number of carbonyl (C=O) groups excluding carboxylic acids is 1. The van der Waals surface area contributed by atoms with Gasteiger partial charge in [0.15, 0.2) is 0 Å². The van der Waals surface area contributed by atoms with Crippen molar-refractivity contribution in [3.8, 4) is 5.75 Å². The van der Waals surface area contributed by atoms with Gasteiger partial charge in [-0.3, -0.25) is 4.79 Å².